The topological polar surface area (TPSA) is 78.9 Å². The highest BCUT2D eigenvalue weighted by Crippen LogP contribution is 2.45. The number of nitrogen functional groups attached to an aromatic ring is 1. The molecule has 5 nitrogen and oxygen atoms in total. The van der Waals surface area contributed by atoms with Crippen molar-refractivity contribution in [1.82, 2.24) is 0 Å². The number of hydrazone groups is 1. The van der Waals surface area contributed by atoms with E-state index in [1.807, 2.05) is 47.5 Å². The van der Waals surface area contributed by atoms with Crippen LogP contribution in [0.5, 0.6) is 0 Å². The van der Waals surface area contributed by atoms with Gasteiger partial charge in [-0.3, -0.25) is 5.01 Å². The summed E-state index contributed by atoms with van der Waals surface area (Å²) in [5.74, 6) is -1.08. The van der Waals surface area contributed by atoms with Crippen molar-refractivity contribution in [3.63, 3.8) is 0 Å². The summed E-state index contributed by atoms with van der Waals surface area (Å²) >= 11 is 0. The fraction of sp³-hybridized carbons (Fsp3) is 0.167. The van der Waals surface area contributed by atoms with Crippen LogP contribution in [0.4, 0.5) is 15.8 Å². The monoisotopic (exact) mass is 401 g/mol. The molecule has 0 radical (unpaired) electrons. The summed E-state index contributed by atoms with van der Waals surface area (Å²) in [4.78, 5) is 11.4. The molecule has 3 aromatic carbocycles. The molecule has 1 heterocycles. The number of fused-ring (bicyclic) bond motifs is 3. The lowest BCUT2D eigenvalue weighted by molar-refractivity contribution is 0.0696. The van der Waals surface area contributed by atoms with Crippen molar-refractivity contribution < 1.29 is 14.3 Å². The smallest absolute Gasteiger partial charge is 0.335 e. The van der Waals surface area contributed by atoms with E-state index in [0.717, 1.165) is 40.9 Å². The number of benzene rings is 3. The molecule has 150 valence electrons. The van der Waals surface area contributed by atoms with Crippen LogP contribution in [0, 0.1) is 11.7 Å². The van der Waals surface area contributed by atoms with Gasteiger partial charge in [0.1, 0.15) is 5.82 Å². The summed E-state index contributed by atoms with van der Waals surface area (Å²) in [6.07, 6.45) is 1.61. The maximum absolute atomic E-state index is 13.6. The van der Waals surface area contributed by atoms with Crippen molar-refractivity contribution in [2.24, 2.45) is 11.0 Å². The van der Waals surface area contributed by atoms with Crippen LogP contribution in [-0.2, 0) is 6.42 Å². The van der Waals surface area contributed by atoms with Crippen LogP contribution < -0.4 is 10.7 Å². The third-order valence-corrected chi connectivity index (χ3v) is 5.93. The summed E-state index contributed by atoms with van der Waals surface area (Å²) in [6.45, 7) is 0. The lowest BCUT2D eigenvalue weighted by atomic mass is 9.77. The molecule has 2 aliphatic rings. The zero-order valence-corrected chi connectivity index (χ0v) is 16.1. The Balaban J connectivity index is 1.62. The first-order chi connectivity index (χ1) is 14.5. The molecule has 0 aromatic heterocycles. The van der Waals surface area contributed by atoms with Gasteiger partial charge in [-0.25, -0.2) is 9.18 Å². The second-order valence-electron chi connectivity index (χ2n) is 7.74. The molecule has 0 saturated carbocycles. The van der Waals surface area contributed by atoms with E-state index in [4.69, 9.17) is 10.8 Å². The molecule has 0 spiro atoms. The Hall–Kier alpha value is -3.67. The molecule has 1 aliphatic carbocycles. The van der Waals surface area contributed by atoms with Gasteiger partial charge in [0.25, 0.3) is 0 Å². The van der Waals surface area contributed by atoms with Gasteiger partial charge in [-0.05, 0) is 72.5 Å². The van der Waals surface area contributed by atoms with Crippen molar-refractivity contribution in [2.75, 3.05) is 10.7 Å². The molecule has 5 rings (SSSR count). The molecule has 6 heteroatoms. The number of aryl methyl sites for hydroxylation is 1. The van der Waals surface area contributed by atoms with E-state index in [9.17, 15) is 14.3 Å². The molecule has 0 saturated heterocycles. The quantitative estimate of drug-likeness (QED) is 0.627. The van der Waals surface area contributed by atoms with Crippen LogP contribution >= 0.6 is 0 Å². The minimum absolute atomic E-state index is 0.0727. The van der Waals surface area contributed by atoms with Crippen molar-refractivity contribution in [1.29, 1.82) is 0 Å². The van der Waals surface area contributed by atoms with Crippen molar-refractivity contribution in [3.05, 3.63) is 94.8 Å². The highest BCUT2D eigenvalue weighted by Gasteiger charge is 2.42. The van der Waals surface area contributed by atoms with Crippen molar-refractivity contribution in [3.8, 4) is 0 Å². The SMILES string of the molecule is Nc1ccc(N2N=C3c4ccc(C(=O)O)cc4CC[C@@H]3[C@@H]2c2ccc(F)cc2)cc1. The van der Waals surface area contributed by atoms with Crippen LogP contribution in [0.2, 0.25) is 0 Å². The average Bonchev–Trinajstić information content (AvgIpc) is 3.14. The van der Waals surface area contributed by atoms with E-state index in [1.165, 1.54) is 12.1 Å². The minimum atomic E-state index is -0.930. The first kappa shape index (κ1) is 18.4. The maximum Gasteiger partial charge on any atom is 0.335 e. The summed E-state index contributed by atoms with van der Waals surface area (Å²) in [7, 11) is 0. The van der Waals surface area contributed by atoms with E-state index < -0.39 is 5.97 Å². The normalized spacial score (nSPS) is 19.8. The molecule has 3 aromatic rings. The fourth-order valence-electron chi connectivity index (χ4n) is 4.49. The lowest BCUT2D eigenvalue weighted by Crippen LogP contribution is -2.29. The highest BCUT2D eigenvalue weighted by atomic mass is 19.1. The molecule has 0 fully saturated rings. The van der Waals surface area contributed by atoms with E-state index in [1.54, 1.807) is 12.1 Å². The van der Waals surface area contributed by atoms with Gasteiger partial charge in [0.2, 0.25) is 0 Å². The van der Waals surface area contributed by atoms with Crippen LogP contribution in [-0.4, -0.2) is 16.8 Å². The van der Waals surface area contributed by atoms with E-state index in [0.29, 0.717) is 5.69 Å². The third-order valence-electron chi connectivity index (χ3n) is 5.93. The Morgan fingerprint density at radius 2 is 1.80 bits per heavy atom. The van der Waals surface area contributed by atoms with Crippen LogP contribution in [0.25, 0.3) is 0 Å². The minimum Gasteiger partial charge on any atom is -0.478 e. The molecular weight excluding hydrogens is 381 g/mol. The number of carboxylic acid groups (broad SMARTS) is 1. The van der Waals surface area contributed by atoms with Crippen molar-refractivity contribution in [2.45, 2.75) is 18.9 Å². The number of nitrogens with two attached hydrogens (primary N) is 1. The largest absolute Gasteiger partial charge is 0.478 e. The van der Waals surface area contributed by atoms with Crippen LogP contribution in [0.1, 0.15) is 39.5 Å². The predicted molar refractivity (Wildman–Crippen MR) is 114 cm³/mol. The molecule has 0 amide bonds. The number of halogens is 1. The Labute approximate surface area is 173 Å². The second-order valence-corrected chi connectivity index (χ2v) is 7.74. The average molecular weight is 401 g/mol. The Bertz CT molecular complexity index is 1160. The summed E-state index contributed by atoms with van der Waals surface area (Å²) in [5.41, 5.74) is 11.7. The van der Waals surface area contributed by atoms with Gasteiger partial charge in [0.15, 0.2) is 0 Å². The van der Waals surface area contributed by atoms with E-state index >= 15 is 0 Å². The zero-order chi connectivity index (χ0) is 20.8. The molecule has 3 N–H and O–H groups in total. The van der Waals surface area contributed by atoms with Gasteiger partial charge in [0.05, 0.1) is 23.0 Å². The molecule has 2 atom stereocenters. The Morgan fingerprint density at radius 1 is 1.07 bits per heavy atom. The second kappa shape index (κ2) is 6.99. The first-order valence-corrected chi connectivity index (χ1v) is 9.86. The summed E-state index contributed by atoms with van der Waals surface area (Å²) in [5, 5.41) is 16.3. The number of aromatic carboxylic acids is 1. The number of carbonyl (C=O) groups is 1. The number of hydrogen-bond donors (Lipinski definition) is 2. The predicted octanol–water partition coefficient (Wildman–Crippen LogP) is 4.63. The number of nitrogens with zero attached hydrogens (tertiary/aromatic N) is 2. The van der Waals surface area contributed by atoms with Crippen molar-refractivity contribution >= 4 is 23.1 Å². The number of anilines is 2. The Kier molecular flexibility index (Phi) is 4.28. The molecule has 0 bridgehead atoms. The van der Waals surface area contributed by atoms with Gasteiger partial charge < -0.3 is 10.8 Å². The van der Waals surface area contributed by atoms with E-state index in [-0.39, 0.29) is 23.3 Å². The summed E-state index contributed by atoms with van der Waals surface area (Å²) < 4.78 is 13.6. The molecular formula is C24H20FN3O2. The third kappa shape index (κ3) is 3.01. The molecule has 1 aliphatic heterocycles. The van der Waals surface area contributed by atoms with Gasteiger partial charge in [-0.15, -0.1) is 0 Å². The fourth-order valence-corrected chi connectivity index (χ4v) is 4.49. The Morgan fingerprint density at radius 3 is 2.50 bits per heavy atom. The lowest BCUT2D eigenvalue weighted by Gasteiger charge is -2.30. The van der Waals surface area contributed by atoms with Crippen LogP contribution in [0.3, 0.4) is 0 Å². The first-order valence-electron chi connectivity index (χ1n) is 9.86. The number of carboxylic acids is 1. The number of hydrogen-bond acceptors (Lipinski definition) is 4. The standard InChI is InChI=1S/C24H20FN3O2/c25-17-5-1-14(2-6-17)23-21-12-3-15-13-16(24(29)30)4-11-20(15)22(21)27-28(23)19-9-7-18(26)8-10-19/h1-2,4-11,13,21,23H,3,12,26H2,(H,29,30)/t21-,23-/m0/s1. The van der Waals surface area contributed by atoms with Gasteiger partial charge in [0, 0.05) is 17.2 Å². The highest BCUT2D eigenvalue weighted by molar-refractivity contribution is 6.07. The summed E-state index contributed by atoms with van der Waals surface area (Å²) in [6, 6.07) is 19.3. The van der Waals surface area contributed by atoms with Gasteiger partial charge >= 0.3 is 5.97 Å². The maximum atomic E-state index is 13.6. The molecule has 0 unspecified atom stereocenters. The van der Waals surface area contributed by atoms with Crippen LogP contribution in [0.15, 0.2) is 71.8 Å². The zero-order valence-electron chi connectivity index (χ0n) is 16.1. The van der Waals surface area contributed by atoms with E-state index in [2.05, 4.69) is 0 Å². The number of rotatable bonds is 3. The van der Waals surface area contributed by atoms with Gasteiger partial charge in [-0.1, -0.05) is 18.2 Å². The molecule has 30 heavy (non-hydrogen) atoms. The van der Waals surface area contributed by atoms with Gasteiger partial charge in [-0.2, -0.15) is 5.10 Å².